The topological polar surface area (TPSA) is 171 Å². The lowest BCUT2D eigenvalue weighted by atomic mass is 10.1. The van der Waals surface area contributed by atoms with Gasteiger partial charge in [-0.2, -0.15) is 4.99 Å². The van der Waals surface area contributed by atoms with Gasteiger partial charge in [-0.15, -0.1) is 12.4 Å². The van der Waals surface area contributed by atoms with Crippen LogP contribution < -0.4 is 21.9 Å². The van der Waals surface area contributed by atoms with E-state index in [4.69, 9.17) is 50.3 Å². The molecule has 0 aliphatic rings. The van der Waals surface area contributed by atoms with Gasteiger partial charge in [-0.3, -0.25) is 9.59 Å². The first kappa shape index (κ1) is 29.2. The van der Waals surface area contributed by atoms with Gasteiger partial charge in [0, 0.05) is 17.0 Å². The smallest absolute Gasteiger partial charge is 0.409 e. The number of ether oxygens (including phenoxy) is 1. The van der Waals surface area contributed by atoms with Crippen molar-refractivity contribution in [3.63, 3.8) is 0 Å². The number of nitrogens with zero attached hydrogens (tertiary/aromatic N) is 1. The highest BCUT2D eigenvalue weighted by Gasteiger charge is 2.10. The minimum absolute atomic E-state index is 0. The van der Waals surface area contributed by atoms with Gasteiger partial charge in [0.2, 0.25) is 0 Å². The first-order valence-corrected chi connectivity index (χ1v) is 8.55. The Kier molecular flexibility index (Phi) is 15.4. The highest BCUT2D eigenvalue weighted by molar-refractivity contribution is 6.36. The van der Waals surface area contributed by atoms with E-state index >= 15 is 0 Å². The zero-order chi connectivity index (χ0) is 22.4. The maximum atomic E-state index is 11.3. The Morgan fingerprint density at radius 2 is 1.43 bits per heavy atom. The lowest BCUT2D eigenvalue weighted by molar-refractivity contribution is -0.134. The lowest BCUT2D eigenvalue weighted by Crippen LogP contribution is -2.24. The fourth-order valence-electron chi connectivity index (χ4n) is 1.64. The fourth-order valence-corrected chi connectivity index (χ4v) is 2.17. The van der Waals surface area contributed by atoms with Crippen molar-refractivity contribution >= 4 is 59.5 Å². The molecule has 2 aromatic rings. The van der Waals surface area contributed by atoms with Gasteiger partial charge in [0.25, 0.3) is 11.9 Å². The number of carbonyl (C=O) groups excluding carboxylic acids is 2. The second kappa shape index (κ2) is 15.9. The van der Waals surface area contributed by atoms with Crippen molar-refractivity contribution in [3.8, 4) is 5.75 Å². The predicted molar refractivity (Wildman–Crippen MR) is 118 cm³/mol. The van der Waals surface area contributed by atoms with Gasteiger partial charge in [-0.1, -0.05) is 47.5 Å². The number of carbonyl (C=O) groups is 3. The number of halogens is 3. The molecule has 0 fully saturated rings. The molecule has 0 aliphatic heterocycles. The Morgan fingerprint density at radius 1 is 0.967 bits per heavy atom. The fraction of sp³-hybridized carbons (Fsp3) is 0.111. The number of para-hydroxylation sites is 1. The van der Waals surface area contributed by atoms with Gasteiger partial charge < -0.3 is 27.0 Å². The summed E-state index contributed by atoms with van der Waals surface area (Å²) in [4.78, 5) is 33.8. The molecule has 30 heavy (non-hydrogen) atoms. The third-order valence-corrected chi connectivity index (χ3v) is 3.31. The van der Waals surface area contributed by atoms with Crippen molar-refractivity contribution in [1.29, 1.82) is 0 Å². The standard InChI is InChI=1S/C9H9Cl2N3O.C7H7NO2.C2H4O2.ClH/c10-6-2-1-3-7(11)5(6)4-8(15)14-9(12)13;8-7(9)10-6-4-2-1-3-5-6;1-2(3)4;/h1-3H,4H2,(H4,12,13,14,15);1-5H,(H2,8,9);1H3,(H,3,4);1H. The maximum absolute atomic E-state index is 11.3. The SMILES string of the molecule is CC(=O)O.Cl.NC(=O)Oc1ccccc1.NC(N)=NC(=O)Cc1c(Cl)cccc1Cl. The summed E-state index contributed by atoms with van der Waals surface area (Å²) in [6.45, 7) is 1.08. The van der Waals surface area contributed by atoms with Crippen molar-refractivity contribution in [1.82, 2.24) is 0 Å². The monoisotopic (exact) mass is 478 g/mol. The van der Waals surface area contributed by atoms with Crippen LogP contribution in [0.4, 0.5) is 4.79 Å². The first-order chi connectivity index (χ1) is 13.5. The lowest BCUT2D eigenvalue weighted by Gasteiger charge is -2.03. The molecule has 9 nitrogen and oxygen atoms in total. The number of aliphatic imine (C=N–C) groups is 1. The number of hydrogen-bond donors (Lipinski definition) is 4. The molecule has 0 heterocycles. The van der Waals surface area contributed by atoms with Crippen LogP contribution in [0.15, 0.2) is 53.5 Å². The Morgan fingerprint density at radius 3 is 1.83 bits per heavy atom. The molecule has 0 aromatic heterocycles. The zero-order valence-electron chi connectivity index (χ0n) is 15.7. The number of primary amides is 1. The summed E-state index contributed by atoms with van der Waals surface area (Å²) in [7, 11) is 0. The minimum Gasteiger partial charge on any atom is -0.481 e. The third kappa shape index (κ3) is 15.0. The normalized spacial score (nSPS) is 8.63. The van der Waals surface area contributed by atoms with E-state index in [2.05, 4.69) is 9.73 Å². The molecule has 2 aromatic carbocycles. The quantitative estimate of drug-likeness (QED) is 0.387. The molecule has 164 valence electrons. The van der Waals surface area contributed by atoms with Gasteiger partial charge in [0.15, 0.2) is 5.96 Å². The van der Waals surface area contributed by atoms with Gasteiger partial charge in [-0.25, -0.2) is 4.79 Å². The number of guanidine groups is 1. The Hall–Kier alpha value is -3.01. The van der Waals surface area contributed by atoms with E-state index in [0.29, 0.717) is 21.4 Å². The molecule has 0 saturated carbocycles. The van der Waals surface area contributed by atoms with Crippen LogP contribution in [0.3, 0.4) is 0 Å². The average Bonchev–Trinajstić information content (AvgIpc) is 2.58. The summed E-state index contributed by atoms with van der Waals surface area (Å²) in [5.74, 6) is -1.12. The van der Waals surface area contributed by atoms with Crippen molar-refractivity contribution in [2.75, 3.05) is 0 Å². The van der Waals surface area contributed by atoms with Gasteiger partial charge >= 0.3 is 6.09 Å². The highest BCUT2D eigenvalue weighted by atomic mass is 35.5. The number of rotatable bonds is 3. The van der Waals surface area contributed by atoms with E-state index in [0.717, 1.165) is 6.92 Å². The largest absolute Gasteiger partial charge is 0.481 e. The van der Waals surface area contributed by atoms with Crippen LogP contribution in [0.2, 0.25) is 10.0 Å². The number of aliphatic carboxylic acids is 1. The van der Waals surface area contributed by atoms with E-state index in [1.54, 1.807) is 42.5 Å². The maximum Gasteiger partial charge on any atom is 0.409 e. The third-order valence-electron chi connectivity index (χ3n) is 2.61. The van der Waals surface area contributed by atoms with Crippen LogP contribution >= 0.6 is 35.6 Å². The summed E-state index contributed by atoms with van der Waals surface area (Å²) < 4.78 is 4.55. The molecule has 0 aliphatic carbocycles. The summed E-state index contributed by atoms with van der Waals surface area (Å²) >= 11 is 11.7. The summed E-state index contributed by atoms with van der Waals surface area (Å²) in [6, 6.07) is 13.6. The Bertz CT molecular complexity index is 836. The van der Waals surface area contributed by atoms with Crippen molar-refractivity contribution in [2.24, 2.45) is 22.2 Å². The summed E-state index contributed by atoms with van der Waals surface area (Å²) in [5, 5.41) is 8.25. The first-order valence-electron chi connectivity index (χ1n) is 7.80. The molecule has 7 N–H and O–H groups in total. The van der Waals surface area contributed by atoms with Crippen molar-refractivity contribution in [2.45, 2.75) is 13.3 Å². The predicted octanol–water partition coefficient (Wildman–Crippen LogP) is 2.99. The molecular formula is C18H21Cl3N4O5. The van der Waals surface area contributed by atoms with Crippen molar-refractivity contribution in [3.05, 3.63) is 64.1 Å². The highest BCUT2D eigenvalue weighted by Crippen LogP contribution is 2.24. The van der Waals surface area contributed by atoms with Crippen LogP contribution in [0.25, 0.3) is 0 Å². The number of hydrogen-bond acceptors (Lipinski definition) is 4. The zero-order valence-corrected chi connectivity index (χ0v) is 18.1. The Labute approximate surface area is 189 Å². The van der Waals surface area contributed by atoms with Crippen LogP contribution in [-0.4, -0.2) is 29.0 Å². The second-order valence-electron chi connectivity index (χ2n) is 5.06. The molecule has 0 radical (unpaired) electrons. The number of amides is 2. The van der Waals surface area contributed by atoms with Crippen molar-refractivity contribution < 1.29 is 24.2 Å². The van der Waals surface area contributed by atoms with Gasteiger partial charge in [-0.05, 0) is 29.8 Å². The van der Waals surface area contributed by atoms with Gasteiger partial charge in [0.05, 0.1) is 6.42 Å². The van der Waals surface area contributed by atoms with Gasteiger partial charge in [0.1, 0.15) is 5.75 Å². The molecule has 12 heteroatoms. The molecule has 0 spiro atoms. The minimum atomic E-state index is -0.833. The number of nitrogens with two attached hydrogens (primary N) is 3. The van der Waals surface area contributed by atoms with Crippen LogP contribution in [0.1, 0.15) is 12.5 Å². The van der Waals surface area contributed by atoms with E-state index in [1.807, 2.05) is 6.07 Å². The van der Waals surface area contributed by atoms with Crippen LogP contribution in [0, 0.1) is 0 Å². The molecule has 0 bridgehead atoms. The van der Waals surface area contributed by atoms with E-state index in [9.17, 15) is 9.59 Å². The summed E-state index contributed by atoms with van der Waals surface area (Å²) in [6.07, 6.45) is -0.803. The average molecular weight is 480 g/mol. The molecule has 2 amide bonds. The molecule has 0 atom stereocenters. The number of carboxylic acids is 1. The second-order valence-corrected chi connectivity index (χ2v) is 5.87. The van der Waals surface area contributed by atoms with Crippen LogP contribution in [0.5, 0.6) is 5.75 Å². The van der Waals surface area contributed by atoms with E-state index in [-0.39, 0.29) is 24.8 Å². The molecule has 2 rings (SSSR count). The van der Waals surface area contributed by atoms with Crippen LogP contribution in [-0.2, 0) is 16.0 Å². The molecular weight excluding hydrogens is 459 g/mol. The number of benzene rings is 2. The van der Waals surface area contributed by atoms with E-state index in [1.165, 1.54) is 0 Å². The summed E-state index contributed by atoms with van der Waals surface area (Å²) in [5.41, 5.74) is 15.4. The Balaban J connectivity index is 0. The molecule has 0 saturated heterocycles. The molecule has 0 unspecified atom stereocenters. The number of carboxylic acid groups (broad SMARTS) is 1. The van der Waals surface area contributed by atoms with E-state index < -0.39 is 18.0 Å².